The summed E-state index contributed by atoms with van der Waals surface area (Å²) in [7, 11) is 1.58. The highest BCUT2D eigenvalue weighted by molar-refractivity contribution is 6.34. The number of anilines is 1. The van der Waals surface area contributed by atoms with Crippen LogP contribution in [0.5, 0.6) is 5.75 Å². The molecule has 3 rings (SSSR count). The van der Waals surface area contributed by atoms with Crippen molar-refractivity contribution in [3.63, 3.8) is 0 Å². The van der Waals surface area contributed by atoms with E-state index in [0.29, 0.717) is 52.4 Å². The lowest BCUT2D eigenvalue weighted by atomic mass is 10.2. The molecule has 9 heteroatoms. The molecular weight excluding hydrogens is 559 g/mol. The minimum Gasteiger partial charge on any atom is -0.497 e. The van der Waals surface area contributed by atoms with Crippen molar-refractivity contribution >= 4 is 47.0 Å². The van der Waals surface area contributed by atoms with Gasteiger partial charge in [-0.3, -0.25) is 14.6 Å². The van der Waals surface area contributed by atoms with Gasteiger partial charge < -0.3 is 20.7 Å². The number of amides is 2. The molecule has 3 N–H and O–H groups in total. The molecule has 0 aliphatic carbocycles. The molecule has 3 aromatic carbocycles. The average molecular weight is 598 g/mol. The maximum atomic E-state index is 12.1. The van der Waals surface area contributed by atoms with Gasteiger partial charge in [-0.25, -0.2) is 0 Å². The SMILES string of the molecule is C=C(C)NC(=NC/C=C\CNC(=O)c1ccc(OC)cc1)c1ccc(NC=O)cc1.CC.Cc1cc(Cl)cc(Cl)c1. The highest BCUT2D eigenvalue weighted by Crippen LogP contribution is 2.17. The molecule has 41 heavy (non-hydrogen) atoms. The van der Waals surface area contributed by atoms with Crippen LogP contribution in [-0.4, -0.2) is 38.4 Å². The van der Waals surface area contributed by atoms with Crippen LogP contribution in [0.1, 0.15) is 42.3 Å². The molecule has 0 spiro atoms. The van der Waals surface area contributed by atoms with Gasteiger partial charge in [0, 0.05) is 39.1 Å². The number of aryl methyl sites for hydroxylation is 1. The van der Waals surface area contributed by atoms with E-state index in [2.05, 4.69) is 27.5 Å². The topological polar surface area (TPSA) is 91.8 Å². The number of hydrogen-bond acceptors (Lipinski definition) is 4. The second kappa shape index (κ2) is 19.9. The van der Waals surface area contributed by atoms with Gasteiger partial charge in [-0.05, 0) is 86.1 Å². The smallest absolute Gasteiger partial charge is 0.251 e. The number of carbonyl (C=O) groups excluding carboxylic acids is 2. The lowest BCUT2D eigenvalue weighted by molar-refractivity contribution is -0.105. The number of halogens is 2. The largest absolute Gasteiger partial charge is 0.497 e. The number of ether oxygens (including phenoxy) is 1. The zero-order valence-electron chi connectivity index (χ0n) is 24.1. The van der Waals surface area contributed by atoms with E-state index >= 15 is 0 Å². The standard InChI is InChI=1S/C23H26N4O3.C7H6Cl2.C2H6/c1-17(2)27-22(18-6-10-20(11-7-18)26-16-28)24-14-4-5-15-25-23(29)19-8-12-21(30-3)13-9-19;1-5-2-6(8)4-7(9)3-5;1-2/h4-13,16H,1,14-15H2,2-3H3,(H,24,27)(H,25,29)(H,26,28);2-4H,1H3;1-2H3/b5-4-;;. The number of nitrogens with zero attached hydrogens (tertiary/aromatic N) is 1. The van der Waals surface area contributed by atoms with E-state index in [1.165, 1.54) is 0 Å². The quantitative estimate of drug-likeness (QED) is 0.0980. The molecule has 0 saturated carbocycles. The third-order valence-corrected chi connectivity index (χ3v) is 5.41. The molecule has 0 aliphatic heterocycles. The van der Waals surface area contributed by atoms with E-state index in [4.69, 9.17) is 27.9 Å². The fourth-order valence-corrected chi connectivity index (χ4v) is 3.82. The highest BCUT2D eigenvalue weighted by atomic mass is 35.5. The van der Waals surface area contributed by atoms with Crippen LogP contribution in [-0.2, 0) is 4.79 Å². The fourth-order valence-electron chi connectivity index (χ4n) is 3.19. The minimum atomic E-state index is -0.153. The first kappa shape index (κ1) is 35.0. The van der Waals surface area contributed by atoms with Gasteiger partial charge in [0.15, 0.2) is 0 Å². The molecule has 2 amide bonds. The van der Waals surface area contributed by atoms with Crippen molar-refractivity contribution in [2.45, 2.75) is 27.7 Å². The number of amidine groups is 1. The number of methoxy groups -OCH3 is 1. The molecule has 218 valence electrons. The zero-order chi connectivity index (χ0) is 30.6. The maximum Gasteiger partial charge on any atom is 0.251 e. The Labute approximate surface area is 253 Å². The maximum absolute atomic E-state index is 12.1. The zero-order valence-corrected chi connectivity index (χ0v) is 25.6. The van der Waals surface area contributed by atoms with Gasteiger partial charge in [-0.2, -0.15) is 0 Å². The van der Waals surface area contributed by atoms with Crippen molar-refractivity contribution in [1.82, 2.24) is 10.6 Å². The molecule has 0 unspecified atom stereocenters. The van der Waals surface area contributed by atoms with Crippen LogP contribution in [0.4, 0.5) is 5.69 Å². The first-order chi connectivity index (χ1) is 19.7. The summed E-state index contributed by atoms with van der Waals surface area (Å²) >= 11 is 11.3. The van der Waals surface area contributed by atoms with Crippen molar-refractivity contribution < 1.29 is 14.3 Å². The van der Waals surface area contributed by atoms with Gasteiger partial charge in [-0.15, -0.1) is 0 Å². The van der Waals surface area contributed by atoms with Crippen molar-refractivity contribution in [3.8, 4) is 5.75 Å². The van der Waals surface area contributed by atoms with Crippen molar-refractivity contribution in [1.29, 1.82) is 0 Å². The predicted molar refractivity (Wildman–Crippen MR) is 172 cm³/mol. The summed E-state index contributed by atoms with van der Waals surface area (Å²) in [6, 6.07) is 19.7. The average Bonchev–Trinajstić information content (AvgIpc) is 2.95. The number of carbonyl (C=O) groups is 2. The lowest BCUT2D eigenvalue weighted by Crippen LogP contribution is -2.23. The van der Waals surface area contributed by atoms with Crippen LogP contribution in [0, 0.1) is 6.92 Å². The first-order valence-electron chi connectivity index (χ1n) is 13.0. The molecule has 0 aromatic heterocycles. The van der Waals surface area contributed by atoms with E-state index < -0.39 is 0 Å². The third-order valence-electron chi connectivity index (χ3n) is 4.98. The summed E-state index contributed by atoms with van der Waals surface area (Å²) < 4.78 is 5.08. The van der Waals surface area contributed by atoms with E-state index in [-0.39, 0.29) is 5.91 Å². The summed E-state index contributed by atoms with van der Waals surface area (Å²) in [4.78, 5) is 27.2. The van der Waals surface area contributed by atoms with Crippen LogP contribution in [0.15, 0.2) is 96.2 Å². The summed E-state index contributed by atoms with van der Waals surface area (Å²) in [5, 5.41) is 9.95. The van der Waals surface area contributed by atoms with Gasteiger partial charge in [-0.1, -0.05) is 55.8 Å². The molecule has 0 heterocycles. The Kier molecular flexibility index (Phi) is 17.0. The summed E-state index contributed by atoms with van der Waals surface area (Å²) in [6.07, 6.45) is 4.35. The first-order valence-corrected chi connectivity index (χ1v) is 13.7. The minimum absolute atomic E-state index is 0.153. The van der Waals surface area contributed by atoms with Gasteiger partial charge in [0.1, 0.15) is 11.6 Å². The Bertz CT molecular complexity index is 1260. The molecule has 0 radical (unpaired) electrons. The Morgan fingerprint density at radius 1 is 0.951 bits per heavy atom. The second-order valence-corrected chi connectivity index (χ2v) is 9.16. The lowest BCUT2D eigenvalue weighted by Gasteiger charge is -2.10. The van der Waals surface area contributed by atoms with Crippen LogP contribution >= 0.6 is 23.2 Å². The fraction of sp³-hybridized carbons (Fsp3) is 0.219. The Morgan fingerprint density at radius 3 is 2.05 bits per heavy atom. The number of benzene rings is 3. The van der Waals surface area contributed by atoms with Gasteiger partial charge >= 0.3 is 0 Å². The van der Waals surface area contributed by atoms with E-state index in [0.717, 1.165) is 16.8 Å². The number of aliphatic imine (C=N–C) groups is 1. The number of rotatable bonds is 10. The van der Waals surface area contributed by atoms with E-state index in [1.807, 2.05) is 64.1 Å². The van der Waals surface area contributed by atoms with Crippen LogP contribution < -0.4 is 20.7 Å². The van der Waals surface area contributed by atoms with Crippen LogP contribution in [0.2, 0.25) is 10.0 Å². The number of nitrogens with one attached hydrogen (secondary N) is 3. The Morgan fingerprint density at radius 2 is 1.54 bits per heavy atom. The molecule has 0 bridgehead atoms. The summed E-state index contributed by atoms with van der Waals surface area (Å²) in [6.45, 7) is 12.5. The van der Waals surface area contributed by atoms with Crippen molar-refractivity contribution in [3.05, 3.63) is 118 Å². The summed E-state index contributed by atoms with van der Waals surface area (Å²) in [5.74, 6) is 1.23. The second-order valence-electron chi connectivity index (χ2n) is 8.29. The van der Waals surface area contributed by atoms with Gasteiger partial charge in [0.2, 0.25) is 6.41 Å². The molecular formula is C32H38Cl2N4O3. The van der Waals surface area contributed by atoms with E-state index in [9.17, 15) is 9.59 Å². The molecule has 0 aliphatic rings. The molecule has 7 nitrogen and oxygen atoms in total. The van der Waals surface area contributed by atoms with Gasteiger partial charge in [0.25, 0.3) is 5.91 Å². The van der Waals surface area contributed by atoms with Crippen LogP contribution in [0.25, 0.3) is 0 Å². The molecule has 0 fully saturated rings. The number of allylic oxidation sites excluding steroid dienone is 1. The molecule has 0 atom stereocenters. The predicted octanol–water partition coefficient (Wildman–Crippen LogP) is 7.45. The van der Waals surface area contributed by atoms with Crippen LogP contribution in [0.3, 0.4) is 0 Å². The number of hydrogen-bond donors (Lipinski definition) is 3. The summed E-state index contributed by atoms with van der Waals surface area (Å²) in [5.41, 5.74) is 4.00. The van der Waals surface area contributed by atoms with Gasteiger partial charge in [0.05, 0.1) is 13.7 Å². The normalized spacial score (nSPS) is 10.4. The van der Waals surface area contributed by atoms with E-state index in [1.54, 1.807) is 49.6 Å². The monoisotopic (exact) mass is 596 g/mol. The Balaban J connectivity index is 0.000000641. The molecule has 3 aromatic rings. The third kappa shape index (κ3) is 14.2. The van der Waals surface area contributed by atoms with Crippen molar-refractivity contribution in [2.24, 2.45) is 4.99 Å². The highest BCUT2D eigenvalue weighted by Gasteiger charge is 2.04. The molecule has 0 saturated heterocycles. The Hall–Kier alpha value is -4.07. The van der Waals surface area contributed by atoms with Crippen molar-refractivity contribution in [2.75, 3.05) is 25.5 Å².